The molecule has 0 radical (unpaired) electrons. The van der Waals surface area contributed by atoms with Crippen molar-refractivity contribution in [1.29, 1.82) is 0 Å². The zero-order valence-corrected chi connectivity index (χ0v) is 23.7. The molecule has 38 heavy (non-hydrogen) atoms. The first kappa shape index (κ1) is 27.5. The van der Waals surface area contributed by atoms with Crippen LogP contribution in [0.3, 0.4) is 0 Å². The third kappa shape index (κ3) is 6.46. The molecule has 1 amide bonds. The summed E-state index contributed by atoms with van der Waals surface area (Å²) in [5.74, 6) is 0.586. The van der Waals surface area contributed by atoms with Crippen LogP contribution in [0.1, 0.15) is 35.3 Å². The zero-order chi connectivity index (χ0) is 27.1. The van der Waals surface area contributed by atoms with Gasteiger partial charge < -0.3 is 14.2 Å². The Morgan fingerprint density at radius 2 is 1.87 bits per heavy atom. The van der Waals surface area contributed by atoms with E-state index < -0.39 is 5.97 Å². The molecule has 196 valence electrons. The maximum atomic E-state index is 13.2. The van der Waals surface area contributed by atoms with Gasteiger partial charge in [-0.2, -0.15) is 0 Å². The number of ether oxygens (including phenoxy) is 3. The van der Waals surface area contributed by atoms with Crippen molar-refractivity contribution in [2.24, 2.45) is 4.99 Å². The molecule has 0 saturated carbocycles. The molecule has 1 heterocycles. The number of hydrogen-bond acceptors (Lipinski definition) is 7. The molecule has 0 spiro atoms. The largest absolute Gasteiger partial charge is 0.493 e. The number of amidine groups is 1. The summed E-state index contributed by atoms with van der Waals surface area (Å²) < 4.78 is 17.4. The Morgan fingerprint density at radius 1 is 1.08 bits per heavy atom. The summed E-state index contributed by atoms with van der Waals surface area (Å²) >= 11 is 4.87. The van der Waals surface area contributed by atoms with Crippen LogP contribution in [0.2, 0.25) is 0 Å². The fourth-order valence-electron chi connectivity index (χ4n) is 3.74. The quantitative estimate of drug-likeness (QED) is 0.199. The van der Waals surface area contributed by atoms with E-state index in [4.69, 9.17) is 14.2 Å². The fraction of sp³-hybridized carbons (Fsp3) is 0.207. The molecular formula is C29H27BrN2O5S. The van der Waals surface area contributed by atoms with Crippen molar-refractivity contribution in [3.63, 3.8) is 0 Å². The number of esters is 1. The first-order valence-electron chi connectivity index (χ1n) is 12.0. The minimum absolute atomic E-state index is 0.141. The standard InChI is InChI=1S/C29H27BrN2O5S/c1-4-32-27(33)25(38-29(32)31-22-13-9-12-21(17-22)28(34)36-5-2)16-20-14-23(30)26(24(15-20)35-3)37-18-19-10-7-6-8-11-19/h6-17H,4-5,18H2,1-3H3. The van der Waals surface area contributed by atoms with Crippen molar-refractivity contribution in [3.05, 3.63) is 92.8 Å². The average molecular weight is 596 g/mol. The summed E-state index contributed by atoms with van der Waals surface area (Å²) in [6.07, 6.45) is 1.81. The Balaban J connectivity index is 1.58. The highest BCUT2D eigenvalue weighted by Crippen LogP contribution is 2.40. The lowest BCUT2D eigenvalue weighted by Crippen LogP contribution is -2.28. The predicted molar refractivity (Wildman–Crippen MR) is 154 cm³/mol. The van der Waals surface area contributed by atoms with Gasteiger partial charge in [0.15, 0.2) is 16.7 Å². The van der Waals surface area contributed by atoms with Gasteiger partial charge in [-0.1, -0.05) is 36.4 Å². The number of methoxy groups -OCH3 is 1. The third-order valence-corrected chi connectivity index (χ3v) is 7.16. The second-order valence-electron chi connectivity index (χ2n) is 8.13. The molecule has 1 aliphatic rings. The van der Waals surface area contributed by atoms with Gasteiger partial charge in [0.1, 0.15) is 6.61 Å². The number of rotatable bonds is 9. The van der Waals surface area contributed by atoms with Crippen molar-refractivity contribution in [3.8, 4) is 11.5 Å². The molecule has 9 heteroatoms. The highest BCUT2D eigenvalue weighted by Gasteiger charge is 2.32. The van der Waals surface area contributed by atoms with Gasteiger partial charge in [0.25, 0.3) is 5.91 Å². The first-order valence-corrected chi connectivity index (χ1v) is 13.7. The van der Waals surface area contributed by atoms with Gasteiger partial charge in [0.2, 0.25) is 0 Å². The lowest BCUT2D eigenvalue weighted by atomic mass is 10.1. The van der Waals surface area contributed by atoms with Crippen LogP contribution in [0.4, 0.5) is 5.69 Å². The van der Waals surface area contributed by atoms with Crippen LogP contribution in [0.5, 0.6) is 11.5 Å². The molecule has 0 N–H and O–H groups in total. The van der Waals surface area contributed by atoms with E-state index in [9.17, 15) is 9.59 Å². The van der Waals surface area contributed by atoms with Gasteiger partial charge in [0, 0.05) is 6.54 Å². The number of hydrogen-bond donors (Lipinski definition) is 0. The van der Waals surface area contributed by atoms with Crippen LogP contribution in [0, 0.1) is 0 Å². The summed E-state index contributed by atoms with van der Waals surface area (Å²) in [5, 5.41) is 0.540. The van der Waals surface area contributed by atoms with Crippen molar-refractivity contribution in [1.82, 2.24) is 4.90 Å². The van der Waals surface area contributed by atoms with Gasteiger partial charge in [0.05, 0.1) is 34.3 Å². The van der Waals surface area contributed by atoms with E-state index in [0.29, 0.717) is 57.1 Å². The van der Waals surface area contributed by atoms with Gasteiger partial charge >= 0.3 is 5.97 Å². The van der Waals surface area contributed by atoms with Gasteiger partial charge in [-0.05, 0) is 89.1 Å². The Morgan fingerprint density at radius 3 is 2.58 bits per heavy atom. The number of likely N-dealkylation sites (N-methyl/N-ethyl adjacent to an activating group) is 1. The van der Waals surface area contributed by atoms with Gasteiger partial charge in [-0.3, -0.25) is 9.69 Å². The van der Waals surface area contributed by atoms with E-state index in [1.54, 1.807) is 43.2 Å². The Labute approximate surface area is 234 Å². The molecule has 0 aromatic heterocycles. The maximum absolute atomic E-state index is 13.2. The molecule has 0 bridgehead atoms. The minimum Gasteiger partial charge on any atom is -0.493 e. The second kappa shape index (κ2) is 12.8. The van der Waals surface area contributed by atoms with Crippen molar-refractivity contribution in [2.45, 2.75) is 20.5 Å². The molecule has 7 nitrogen and oxygen atoms in total. The molecule has 1 fully saturated rings. The number of halogens is 1. The summed E-state index contributed by atoms with van der Waals surface area (Å²) in [6, 6.07) is 20.5. The second-order valence-corrected chi connectivity index (χ2v) is 10.00. The van der Waals surface area contributed by atoms with Crippen LogP contribution >= 0.6 is 27.7 Å². The Hall–Kier alpha value is -3.56. The van der Waals surface area contributed by atoms with E-state index in [-0.39, 0.29) is 5.91 Å². The van der Waals surface area contributed by atoms with Crippen LogP contribution in [0.15, 0.2) is 81.1 Å². The van der Waals surface area contributed by atoms with Crippen molar-refractivity contribution < 1.29 is 23.8 Å². The van der Waals surface area contributed by atoms with Crippen LogP contribution in [0.25, 0.3) is 6.08 Å². The van der Waals surface area contributed by atoms with Gasteiger partial charge in [-0.25, -0.2) is 9.79 Å². The van der Waals surface area contributed by atoms with Crippen LogP contribution in [-0.4, -0.2) is 42.2 Å². The van der Waals surface area contributed by atoms with E-state index in [1.807, 2.05) is 55.5 Å². The number of nitrogens with zero attached hydrogens (tertiary/aromatic N) is 2. The average Bonchev–Trinajstić information content (AvgIpc) is 3.21. The third-order valence-electron chi connectivity index (χ3n) is 5.56. The maximum Gasteiger partial charge on any atom is 0.338 e. The fourth-order valence-corrected chi connectivity index (χ4v) is 5.38. The normalized spacial score (nSPS) is 15.3. The van der Waals surface area contributed by atoms with E-state index in [1.165, 1.54) is 11.8 Å². The first-order chi connectivity index (χ1) is 18.4. The number of thioether (sulfide) groups is 1. The summed E-state index contributed by atoms with van der Waals surface area (Å²) in [6.45, 7) is 4.80. The number of carbonyl (C=O) groups excluding carboxylic acids is 2. The molecule has 3 aromatic rings. The number of amides is 1. The highest BCUT2D eigenvalue weighted by atomic mass is 79.9. The van der Waals surface area contributed by atoms with Crippen molar-refractivity contribution in [2.75, 3.05) is 20.3 Å². The highest BCUT2D eigenvalue weighted by molar-refractivity contribution is 9.10. The lowest BCUT2D eigenvalue weighted by Gasteiger charge is -2.14. The summed E-state index contributed by atoms with van der Waals surface area (Å²) in [5.41, 5.74) is 2.79. The van der Waals surface area contributed by atoms with Crippen molar-refractivity contribution >= 4 is 56.5 Å². The van der Waals surface area contributed by atoms with Gasteiger partial charge in [-0.15, -0.1) is 0 Å². The Kier molecular flexibility index (Phi) is 9.25. The SMILES string of the molecule is CCOC(=O)c1cccc(N=C2SC(=Cc3cc(Br)c(OCc4ccccc4)c(OC)c3)C(=O)N2CC)c1. The molecule has 0 atom stereocenters. The zero-order valence-electron chi connectivity index (χ0n) is 21.3. The summed E-state index contributed by atoms with van der Waals surface area (Å²) in [4.78, 5) is 32.1. The van der Waals surface area contributed by atoms with E-state index in [0.717, 1.165) is 11.1 Å². The molecular weight excluding hydrogens is 568 g/mol. The number of aliphatic imine (C=N–C) groups is 1. The van der Waals surface area contributed by atoms with Crippen LogP contribution in [-0.2, 0) is 16.1 Å². The molecule has 4 rings (SSSR count). The monoisotopic (exact) mass is 594 g/mol. The summed E-state index contributed by atoms with van der Waals surface area (Å²) in [7, 11) is 1.58. The van der Waals surface area contributed by atoms with E-state index in [2.05, 4.69) is 20.9 Å². The smallest absolute Gasteiger partial charge is 0.338 e. The molecule has 1 aliphatic heterocycles. The molecule has 0 unspecified atom stereocenters. The van der Waals surface area contributed by atoms with Crippen LogP contribution < -0.4 is 9.47 Å². The lowest BCUT2D eigenvalue weighted by molar-refractivity contribution is -0.122. The number of benzene rings is 3. The minimum atomic E-state index is -0.409. The molecule has 0 aliphatic carbocycles. The molecule has 3 aromatic carbocycles. The topological polar surface area (TPSA) is 77.4 Å². The number of carbonyl (C=O) groups is 2. The van der Waals surface area contributed by atoms with E-state index >= 15 is 0 Å². The predicted octanol–water partition coefficient (Wildman–Crippen LogP) is 6.84. The Bertz CT molecular complexity index is 1390. The molecule has 1 saturated heterocycles.